The fourth-order valence-electron chi connectivity index (χ4n) is 1.51. The first-order valence-electron chi connectivity index (χ1n) is 5.42. The number of nitriles is 1. The molecule has 2 aromatic rings. The van der Waals surface area contributed by atoms with Crippen LogP contribution in [0.4, 0.5) is 0 Å². The van der Waals surface area contributed by atoms with Gasteiger partial charge in [-0.05, 0) is 25.1 Å². The van der Waals surface area contributed by atoms with Crippen molar-refractivity contribution >= 4 is 17.3 Å². The molecule has 4 heteroatoms. The maximum Gasteiger partial charge on any atom is 0.348 e. The molecular formula is C14H11NO2S. The molecule has 3 nitrogen and oxygen atoms in total. The van der Waals surface area contributed by atoms with E-state index in [-0.39, 0.29) is 12.6 Å². The molecule has 2 rings (SSSR count). The summed E-state index contributed by atoms with van der Waals surface area (Å²) in [5.41, 5.74) is 1.26. The van der Waals surface area contributed by atoms with Crippen LogP contribution in [0.1, 0.15) is 25.7 Å². The number of carbonyl (C=O) groups is 1. The molecule has 0 spiro atoms. The Labute approximate surface area is 109 Å². The molecule has 1 heterocycles. The monoisotopic (exact) mass is 257 g/mol. The molecule has 18 heavy (non-hydrogen) atoms. The summed E-state index contributed by atoms with van der Waals surface area (Å²) in [6, 6.07) is 12.8. The zero-order valence-corrected chi connectivity index (χ0v) is 10.7. The normalized spacial score (nSPS) is 9.78. The highest BCUT2D eigenvalue weighted by atomic mass is 32.1. The van der Waals surface area contributed by atoms with E-state index in [9.17, 15) is 4.79 Å². The van der Waals surface area contributed by atoms with Crippen molar-refractivity contribution in [3.8, 4) is 6.07 Å². The summed E-state index contributed by atoms with van der Waals surface area (Å²) >= 11 is 1.40. The average Bonchev–Trinajstić information content (AvgIpc) is 2.83. The summed E-state index contributed by atoms with van der Waals surface area (Å²) < 4.78 is 5.19. The SMILES string of the molecule is Cc1ccc(C(=O)OCc2ccccc2C#N)s1. The van der Waals surface area contributed by atoms with Gasteiger partial charge in [0.05, 0.1) is 11.6 Å². The van der Waals surface area contributed by atoms with E-state index in [1.54, 1.807) is 24.3 Å². The van der Waals surface area contributed by atoms with Crippen LogP contribution in [0.2, 0.25) is 0 Å². The van der Waals surface area contributed by atoms with Crippen LogP contribution in [0.15, 0.2) is 36.4 Å². The standard InChI is InChI=1S/C14H11NO2S/c1-10-6-7-13(18-10)14(16)17-9-12-5-3-2-4-11(12)8-15/h2-7H,9H2,1H3. The molecule has 0 radical (unpaired) electrons. The lowest BCUT2D eigenvalue weighted by Gasteiger charge is -2.04. The third-order valence-corrected chi connectivity index (χ3v) is 3.42. The van der Waals surface area contributed by atoms with E-state index in [1.807, 2.05) is 19.1 Å². The van der Waals surface area contributed by atoms with Gasteiger partial charge in [-0.3, -0.25) is 0 Å². The number of hydrogen-bond acceptors (Lipinski definition) is 4. The molecule has 1 aromatic carbocycles. The Morgan fingerprint density at radius 2 is 2.11 bits per heavy atom. The summed E-state index contributed by atoms with van der Waals surface area (Å²) in [4.78, 5) is 13.4. The van der Waals surface area contributed by atoms with Crippen molar-refractivity contribution in [2.24, 2.45) is 0 Å². The van der Waals surface area contributed by atoms with E-state index in [0.717, 1.165) is 10.4 Å². The molecule has 0 N–H and O–H groups in total. The number of aryl methyl sites for hydroxylation is 1. The number of hydrogen-bond donors (Lipinski definition) is 0. The lowest BCUT2D eigenvalue weighted by Crippen LogP contribution is -2.04. The molecule has 0 unspecified atom stereocenters. The van der Waals surface area contributed by atoms with E-state index >= 15 is 0 Å². The zero-order valence-electron chi connectivity index (χ0n) is 9.84. The predicted octanol–water partition coefficient (Wildman–Crippen LogP) is 3.29. The van der Waals surface area contributed by atoms with Crippen LogP contribution in [-0.4, -0.2) is 5.97 Å². The molecule has 0 aliphatic heterocycles. The third kappa shape index (κ3) is 2.76. The smallest absolute Gasteiger partial charge is 0.348 e. The molecule has 0 fully saturated rings. The summed E-state index contributed by atoms with van der Waals surface area (Å²) in [6.45, 7) is 2.06. The van der Waals surface area contributed by atoms with E-state index in [4.69, 9.17) is 10.00 Å². The van der Waals surface area contributed by atoms with Crippen LogP contribution in [-0.2, 0) is 11.3 Å². The third-order valence-electron chi connectivity index (χ3n) is 2.44. The second-order valence-electron chi connectivity index (χ2n) is 3.76. The quantitative estimate of drug-likeness (QED) is 0.793. The Hall–Kier alpha value is -2.12. The topological polar surface area (TPSA) is 50.1 Å². The highest BCUT2D eigenvalue weighted by Crippen LogP contribution is 2.17. The summed E-state index contributed by atoms with van der Waals surface area (Å²) in [7, 11) is 0. The fraction of sp³-hybridized carbons (Fsp3) is 0.143. The second kappa shape index (κ2) is 5.48. The zero-order chi connectivity index (χ0) is 13.0. The van der Waals surface area contributed by atoms with Gasteiger partial charge < -0.3 is 4.74 Å². The van der Waals surface area contributed by atoms with Gasteiger partial charge in [0.15, 0.2) is 0 Å². The second-order valence-corrected chi connectivity index (χ2v) is 5.04. The van der Waals surface area contributed by atoms with Crippen LogP contribution in [0.3, 0.4) is 0 Å². The number of rotatable bonds is 3. The highest BCUT2D eigenvalue weighted by Gasteiger charge is 2.10. The number of thiophene rings is 1. The molecule has 0 bridgehead atoms. The average molecular weight is 257 g/mol. The first-order chi connectivity index (χ1) is 8.70. The number of benzene rings is 1. The van der Waals surface area contributed by atoms with Gasteiger partial charge in [0.25, 0.3) is 0 Å². The van der Waals surface area contributed by atoms with Crippen molar-refractivity contribution < 1.29 is 9.53 Å². The minimum absolute atomic E-state index is 0.125. The lowest BCUT2D eigenvalue weighted by atomic mass is 10.1. The number of nitrogens with zero attached hydrogens (tertiary/aromatic N) is 1. The minimum Gasteiger partial charge on any atom is -0.457 e. The van der Waals surface area contributed by atoms with E-state index in [0.29, 0.717) is 10.4 Å². The van der Waals surface area contributed by atoms with Gasteiger partial charge in [-0.15, -0.1) is 11.3 Å². The molecule has 0 saturated carbocycles. The molecule has 0 aliphatic rings. The van der Waals surface area contributed by atoms with Crippen molar-refractivity contribution in [3.05, 3.63) is 57.3 Å². The number of ether oxygens (including phenoxy) is 1. The number of carbonyl (C=O) groups excluding carboxylic acids is 1. The van der Waals surface area contributed by atoms with Crippen molar-refractivity contribution in [2.75, 3.05) is 0 Å². The van der Waals surface area contributed by atoms with Gasteiger partial charge in [0.2, 0.25) is 0 Å². The van der Waals surface area contributed by atoms with Gasteiger partial charge in [-0.2, -0.15) is 5.26 Å². The van der Waals surface area contributed by atoms with Gasteiger partial charge in [0.1, 0.15) is 11.5 Å². The van der Waals surface area contributed by atoms with Gasteiger partial charge in [-0.25, -0.2) is 4.79 Å². The Morgan fingerprint density at radius 1 is 1.33 bits per heavy atom. The van der Waals surface area contributed by atoms with Crippen LogP contribution in [0.5, 0.6) is 0 Å². The minimum atomic E-state index is -0.346. The Bertz CT molecular complexity index is 610. The maximum atomic E-state index is 11.7. The molecule has 0 aliphatic carbocycles. The van der Waals surface area contributed by atoms with Crippen LogP contribution < -0.4 is 0 Å². The first-order valence-corrected chi connectivity index (χ1v) is 6.24. The molecule has 0 saturated heterocycles. The van der Waals surface area contributed by atoms with E-state index < -0.39 is 0 Å². The lowest BCUT2D eigenvalue weighted by molar-refractivity contribution is 0.0478. The molecule has 90 valence electrons. The van der Waals surface area contributed by atoms with Crippen LogP contribution >= 0.6 is 11.3 Å². The molecule has 0 atom stereocenters. The van der Waals surface area contributed by atoms with E-state index in [1.165, 1.54) is 11.3 Å². The fourth-order valence-corrected chi connectivity index (χ4v) is 2.28. The maximum absolute atomic E-state index is 11.7. The van der Waals surface area contributed by atoms with E-state index in [2.05, 4.69) is 6.07 Å². The number of esters is 1. The Morgan fingerprint density at radius 3 is 2.78 bits per heavy atom. The largest absolute Gasteiger partial charge is 0.457 e. The van der Waals surface area contributed by atoms with Gasteiger partial charge in [0, 0.05) is 10.4 Å². The van der Waals surface area contributed by atoms with Gasteiger partial charge in [-0.1, -0.05) is 18.2 Å². The van der Waals surface area contributed by atoms with Crippen molar-refractivity contribution in [1.82, 2.24) is 0 Å². The van der Waals surface area contributed by atoms with Gasteiger partial charge >= 0.3 is 5.97 Å². The summed E-state index contributed by atoms with van der Waals surface area (Å²) in [6.07, 6.45) is 0. The van der Waals surface area contributed by atoms with Crippen LogP contribution in [0.25, 0.3) is 0 Å². The van der Waals surface area contributed by atoms with Crippen molar-refractivity contribution in [1.29, 1.82) is 5.26 Å². The molecule has 1 aromatic heterocycles. The van der Waals surface area contributed by atoms with Crippen LogP contribution in [0, 0.1) is 18.3 Å². The van der Waals surface area contributed by atoms with Crippen molar-refractivity contribution in [2.45, 2.75) is 13.5 Å². The Kier molecular flexibility index (Phi) is 3.75. The highest BCUT2D eigenvalue weighted by molar-refractivity contribution is 7.13. The molecule has 0 amide bonds. The van der Waals surface area contributed by atoms with Crippen molar-refractivity contribution in [3.63, 3.8) is 0 Å². The predicted molar refractivity (Wildman–Crippen MR) is 69.3 cm³/mol. The first kappa shape index (κ1) is 12.3. The molecular weight excluding hydrogens is 246 g/mol. The Balaban J connectivity index is 2.04. The summed E-state index contributed by atoms with van der Waals surface area (Å²) in [5, 5.41) is 8.92. The summed E-state index contributed by atoms with van der Waals surface area (Å²) in [5.74, 6) is -0.346.